The Kier molecular flexibility index (Phi) is 4.86. The second kappa shape index (κ2) is 7.35. The van der Waals surface area contributed by atoms with E-state index in [0.29, 0.717) is 16.8 Å². The van der Waals surface area contributed by atoms with Gasteiger partial charge in [0, 0.05) is 11.3 Å². The number of anilines is 2. The first-order chi connectivity index (χ1) is 13.8. The van der Waals surface area contributed by atoms with Gasteiger partial charge in [0.15, 0.2) is 0 Å². The van der Waals surface area contributed by atoms with Crippen molar-refractivity contribution < 1.29 is 13.2 Å². The van der Waals surface area contributed by atoms with Crippen LogP contribution in [0.1, 0.15) is 33.2 Å². The number of carbonyl (C=O) groups is 1. The Labute approximate surface area is 170 Å². The van der Waals surface area contributed by atoms with Crippen LogP contribution in [-0.4, -0.2) is 14.3 Å². The summed E-state index contributed by atoms with van der Waals surface area (Å²) >= 11 is 0. The van der Waals surface area contributed by atoms with Crippen LogP contribution in [0.4, 0.5) is 11.4 Å². The molecule has 0 saturated carbocycles. The Morgan fingerprint density at radius 2 is 1.69 bits per heavy atom. The van der Waals surface area contributed by atoms with Gasteiger partial charge in [-0.1, -0.05) is 42.0 Å². The highest BCUT2D eigenvalue weighted by atomic mass is 32.2. The molecule has 7 heteroatoms. The summed E-state index contributed by atoms with van der Waals surface area (Å²) in [7, 11) is -3.61. The van der Waals surface area contributed by atoms with E-state index in [0.717, 1.165) is 16.8 Å². The van der Waals surface area contributed by atoms with Gasteiger partial charge in [-0.05, 0) is 55.3 Å². The lowest BCUT2D eigenvalue weighted by Crippen LogP contribution is -2.38. The molecule has 3 aromatic carbocycles. The van der Waals surface area contributed by atoms with Gasteiger partial charge in [0.05, 0.1) is 5.69 Å². The van der Waals surface area contributed by atoms with E-state index in [1.165, 1.54) is 0 Å². The summed E-state index contributed by atoms with van der Waals surface area (Å²) in [5.41, 5.74) is 4.65. The van der Waals surface area contributed by atoms with Crippen LogP contribution in [0.25, 0.3) is 0 Å². The molecule has 1 aliphatic rings. The van der Waals surface area contributed by atoms with Crippen molar-refractivity contribution in [2.75, 3.05) is 10.6 Å². The van der Waals surface area contributed by atoms with Gasteiger partial charge in [0.2, 0.25) is 10.0 Å². The minimum Gasteiger partial charge on any atom is -0.364 e. The number of para-hydroxylation sites is 1. The molecule has 1 unspecified atom stereocenters. The van der Waals surface area contributed by atoms with Gasteiger partial charge in [-0.3, -0.25) is 4.79 Å². The van der Waals surface area contributed by atoms with Gasteiger partial charge in [-0.2, -0.15) is 4.72 Å². The van der Waals surface area contributed by atoms with Crippen molar-refractivity contribution in [3.63, 3.8) is 0 Å². The van der Waals surface area contributed by atoms with Gasteiger partial charge in [-0.15, -0.1) is 0 Å². The first-order valence-corrected chi connectivity index (χ1v) is 10.7. The summed E-state index contributed by atoms with van der Waals surface area (Å²) in [6.45, 7) is 3.95. The molecule has 0 aliphatic carbocycles. The van der Waals surface area contributed by atoms with Gasteiger partial charge in [0.25, 0.3) is 5.91 Å². The maximum Gasteiger partial charge on any atom is 0.255 e. The SMILES string of the molecule is Cc1ccc(NC(=O)c2ccc(C3Nc4ccccc4S(=O)(=O)N3)cc2)c(C)c1. The maximum absolute atomic E-state index is 12.6. The Hall–Kier alpha value is -3.16. The smallest absolute Gasteiger partial charge is 0.255 e. The lowest BCUT2D eigenvalue weighted by molar-refractivity contribution is 0.102. The Bertz CT molecular complexity index is 1190. The van der Waals surface area contributed by atoms with Gasteiger partial charge >= 0.3 is 0 Å². The molecule has 0 saturated heterocycles. The van der Waals surface area contributed by atoms with Crippen molar-refractivity contribution in [1.29, 1.82) is 0 Å². The predicted octanol–water partition coefficient (Wildman–Crippen LogP) is 3.96. The van der Waals surface area contributed by atoms with Gasteiger partial charge in [-0.25, -0.2) is 8.42 Å². The molecule has 0 bridgehead atoms. The molecule has 1 amide bonds. The highest BCUT2D eigenvalue weighted by Crippen LogP contribution is 2.30. The zero-order valence-electron chi connectivity index (χ0n) is 16.1. The highest BCUT2D eigenvalue weighted by molar-refractivity contribution is 7.89. The number of carbonyl (C=O) groups excluding carboxylic acids is 1. The third-order valence-electron chi connectivity index (χ3n) is 4.89. The summed E-state index contributed by atoms with van der Waals surface area (Å²) in [5, 5.41) is 6.09. The molecule has 3 aromatic rings. The molecule has 29 heavy (non-hydrogen) atoms. The fraction of sp³-hybridized carbons (Fsp3) is 0.136. The number of fused-ring (bicyclic) bond motifs is 1. The highest BCUT2D eigenvalue weighted by Gasteiger charge is 2.29. The Morgan fingerprint density at radius 1 is 0.966 bits per heavy atom. The van der Waals surface area contributed by atoms with Crippen LogP contribution in [-0.2, 0) is 10.0 Å². The average molecular weight is 407 g/mol. The molecule has 148 valence electrons. The summed E-state index contributed by atoms with van der Waals surface area (Å²) in [4.78, 5) is 12.8. The molecular formula is C22H21N3O3S. The van der Waals surface area contributed by atoms with E-state index in [2.05, 4.69) is 15.4 Å². The molecule has 0 aromatic heterocycles. The average Bonchev–Trinajstić information content (AvgIpc) is 2.69. The fourth-order valence-corrected chi connectivity index (χ4v) is 4.66. The first kappa shape index (κ1) is 19.2. The number of rotatable bonds is 3. The summed E-state index contributed by atoms with van der Waals surface area (Å²) in [5.74, 6) is -0.217. The van der Waals surface area contributed by atoms with E-state index >= 15 is 0 Å². The normalized spacial score (nSPS) is 17.1. The van der Waals surface area contributed by atoms with E-state index in [4.69, 9.17) is 0 Å². The van der Waals surface area contributed by atoms with Gasteiger partial charge in [0.1, 0.15) is 11.1 Å². The summed E-state index contributed by atoms with van der Waals surface area (Å²) in [6, 6.07) is 19.4. The zero-order chi connectivity index (χ0) is 20.6. The second-order valence-electron chi connectivity index (χ2n) is 7.09. The molecule has 0 radical (unpaired) electrons. The Balaban J connectivity index is 1.53. The molecule has 6 nitrogen and oxygen atoms in total. The third-order valence-corrected chi connectivity index (χ3v) is 6.37. The van der Waals surface area contributed by atoms with E-state index < -0.39 is 16.2 Å². The summed E-state index contributed by atoms with van der Waals surface area (Å²) in [6.07, 6.45) is -0.605. The number of benzene rings is 3. The molecule has 1 heterocycles. The standard InChI is InChI=1S/C22H21N3O3S/c1-14-7-12-18(15(2)13-14)24-22(26)17-10-8-16(9-11-17)21-23-19-5-3-4-6-20(19)29(27,28)25-21/h3-13,21,23,25H,1-2H3,(H,24,26). The molecule has 0 spiro atoms. The van der Waals surface area contributed by atoms with Crippen molar-refractivity contribution >= 4 is 27.3 Å². The summed E-state index contributed by atoms with van der Waals surface area (Å²) < 4.78 is 27.6. The van der Waals surface area contributed by atoms with Crippen molar-refractivity contribution in [2.45, 2.75) is 24.9 Å². The van der Waals surface area contributed by atoms with E-state index in [1.807, 2.05) is 32.0 Å². The monoisotopic (exact) mass is 407 g/mol. The fourth-order valence-electron chi connectivity index (χ4n) is 3.35. The minimum absolute atomic E-state index is 0.217. The number of hydrogen-bond donors (Lipinski definition) is 3. The van der Waals surface area contributed by atoms with E-state index in [-0.39, 0.29) is 10.8 Å². The van der Waals surface area contributed by atoms with Crippen LogP contribution in [0.2, 0.25) is 0 Å². The van der Waals surface area contributed by atoms with E-state index in [1.54, 1.807) is 48.5 Å². The third kappa shape index (κ3) is 3.87. The molecule has 4 rings (SSSR count). The topological polar surface area (TPSA) is 87.3 Å². The maximum atomic E-state index is 12.6. The van der Waals surface area contributed by atoms with Crippen molar-refractivity contribution in [2.24, 2.45) is 0 Å². The van der Waals surface area contributed by atoms with Crippen molar-refractivity contribution in [1.82, 2.24) is 4.72 Å². The van der Waals surface area contributed by atoms with Crippen LogP contribution in [0, 0.1) is 13.8 Å². The second-order valence-corrected chi connectivity index (χ2v) is 8.77. The number of aryl methyl sites for hydroxylation is 2. The van der Waals surface area contributed by atoms with Crippen LogP contribution in [0.5, 0.6) is 0 Å². The molecule has 0 fully saturated rings. The zero-order valence-corrected chi connectivity index (χ0v) is 16.9. The number of sulfonamides is 1. The number of amides is 1. The number of hydrogen-bond acceptors (Lipinski definition) is 4. The van der Waals surface area contributed by atoms with E-state index in [9.17, 15) is 13.2 Å². The van der Waals surface area contributed by atoms with Crippen LogP contribution in [0.3, 0.4) is 0 Å². The molecular weight excluding hydrogens is 386 g/mol. The van der Waals surface area contributed by atoms with Crippen LogP contribution < -0.4 is 15.4 Å². The van der Waals surface area contributed by atoms with Crippen molar-refractivity contribution in [3.05, 3.63) is 89.0 Å². The Morgan fingerprint density at radius 3 is 2.41 bits per heavy atom. The van der Waals surface area contributed by atoms with Gasteiger partial charge < -0.3 is 10.6 Å². The molecule has 1 aliphatic heterocycles. The first-order valence-electron chi connectivity index (χ1n) is 9.20. The largest absolute Gasteiger partial charge is 0.364 e. The van der Waals surface area contributed by atoms with Crippen LogP contribution >= 0.6 is 0 Å². The van der Waals surface area contributed by atoms with Crippen molar-refractivity contribution in [3.8, 4) is 0 Å². The predicted molar refractivity (Wildman–Crippen MR) is 113 cm³/mol. The lowest BCUT2D eigenvalue weighted by Gasteiger charge is -2.28. The molecule has 3 N–H and O–H groups in total. The quantitative estimate of drug-likeness (QED) is 0.613. The number of nitrogens with one attached hydrogen (secondary N) is 3. The minimum atomic E-state index is -3.61. The van der Waals surface area contributed by atoms with Crippen LogP contribution in [0.15, 0.2) is 71.6 Å². The molecule has 1 atom stereocenters. The lowest BCUT2D eigenvalue weighted by atomic mass is 10.1.